The average Bonchev–Trinajstić information content (AvgIpc) is 2.50. The lowest BCUT2D eigenvalue weighted by molar-refractivity contribution is -0.224. The maximum atomic E-state index is 10.9. The first-order chi connectivity index (χ1) is 11.1. The lowest BCUT2D eigenvalue weighted by atomic mass is 9.58. The molecule has 1 aliphatic carbocycles. The van der Waals surface area contributed by atoms with E-state index >= 15 is 0 Å². The summed E-state index contributed by atoms with van der Waals surface area (Å²) in [5.74, 6) is -1.83. The second kappa shape index (κ2) is 6.70. The van der Waals surface area contributed by atoms with Crippen LogP contribution in [0.4, 0.5) is 0 Å². The van der Waals surface area contributed by atoms with Gasteiger partial charge >= 0.3 is 0 Å². The highest BCUT2D eigenvalue weighted by molar-refractivity contribution is 5.56. The quantitative estimate of drug-likeness (QED) is 0.756. The zero-order valence-corrected chi connectivity index (χ0v) is 15.5. The molecule has 0 aromatic heterocycles. The minimum Gasteiger partial charge on any atom is -0.361 e. The third-order valence-corrected chi connectivity index (χ3v) is 5.31. The SMILES string of the molecule is CCCC1=CC(C=Cc2ccccc2)=CC(C)(C(C)(C)C)C1(O)O. The van der Waals surface area contributed by atoms with Gasteiger partial charge in [0.25, 0.3) is 0 Å². The van der Waals surface area contributed by atoms with Crippen LogP contribution in [0.1, 0.15) is 53.0 Å². The van der Waals surface area contributed by atoms with Crippen LogP contribution in [0.25, 0.3) is 6.08 Å². The van der Waals surface area contributed by atoms with E-state index in [4.69, 9.17) is 0 Å². The van der Waals surface area contributed by atoms with Crippen molar-refractivity contribution in [1.82, 2.24) is 0 Å². The predicted octanol–water partition coefficient (Wildman–Crippen LogP) is 5.10. The summed E-state index contributed by atoms with van der Waals surface area (Å²) in [6.07, 6.45) is 9.61. The molecule has 1 unspecified atom stereocenters. The van der Waals surface area contributed by atoms with Crippen LogP contribution in [0.5, 0.6) is 0 Å². The third-order valence-electron chi connectivity index (χ3n) is 5.31. The minimum atomic E-state index is -1.83. The fourth-order valence-electron chi connectivity index (χ4n) is 3.22. The molecule has 2 heteroatoms. The van der Waals surface area contributed by atoms with Crippen molar-refractivity contribution in [2.75, 3.05) is 0 Å². The van der Waals surface area contributed by atoms with Crippen molar-refractivity contribution < 1.29 is 10.2 Å². The minimum absolute atomic E-state index is 0.296. The molecule has 24 heavy (non-hydrogen) atoms. The standard InChI is InChI=1S/C22H30O2/c1-6-10-19-15-18(14-13-17-11-8-7-9-12-17)16-21(5,20(2,3)4)22(19,23)24/h7-9,11-16,23-24H,6,10H2,1-5H3. The van der Waals surface area contributed by atoms with Gasteiger partial charge in [-0.15, -0.1) is 0 Å². The second-order valence-electron chi connectivity index (χ2n) is 7.93. The summed E-state index contributed by atoms with van der Waals surface area (Å²) in [6.45, 7) is 10.2. The number of hydrogen-bond acceptors (Lipinski definition) is 2. The summed E-state index contributed by atoms with van der Waals surface area (Å²) in [5, 5.41) is 21.9. The topological polar surface area (TPSA) is 40.5 Å². The Bertz CT molecular complexity index is 657. The Hall–Kier alpha value is -1.64. The fraction of sp³-hybridized carbons (Fsp3) is 0.455. The van der Waals surface area contributed by atoms with E-state index in [0.29, 0.717) is 12.0 Å². The molecule has 130 valence electrons. The molecule has 0 saturated carbocycles. The molecule has 1 aromatic carbocycles. The molecular weight excluding hydrogens is 296 g/mol. The van der Waals surface area contributed by atoms with E-state index in [1.165, 1.54) is 0 Å². The van der Waals surface area contributed by atoms with Gasteiger partial charge in [-0.2, -0.15) is 0 Å². The van der Waals surface area contributed by atoms with Gasteiger partial charge in [0.2, 0.25) is 0 Å². The van der Waals surface area contributed by atoms with Crippen molar-refractivity contribution in [2.45, 2.75) is 53.2 Å². The van der Waals surface area contributed by atoms with Gasteiger partial charge in [0, 0.05) is 5.41 Å². The number of aliphatic hydroxyl groups is 2. The molecule has 2 rings (SSSR count). The van der Waals surface area contributed by atoms with Crippen LogP contribution in [0, 0.1) is 10.8 Å². The Labute approximate surface area is 146 Å². The van der Waals surface area contributed by atoms with Gasteiger partial charge < -0.3 is 10.2 Å². The van der Waals surface area contributed by atoms with Gasteiger partial charge in [-0.25, -0.2) is 0 Å². The highest BCUT2D eigenvalue weighted by Crippen LogP contribution is 2.53. The van der Waals surface area contributed by atoms with E-state index in [-0.39, 0.29) is 5.41 Å². The molecule has 1 aromatic rings. The highest BCUT2D eigenvalue weighted by atomic mass is 16.5. The molecular formula is C22H30O2. The van der Waals surface area contributed by atoms with E-state index in [1.807, 2.05) is 37.3 Å². The number of hydrogen-bond donors (Lipinski definition) is 2. The van der Waals surface area contributed by atoms with Crippen LogP contribution in [-0.4, -0.2) is 16.0 Å². The Morgan fingerprint density at radius 3 is 2.21 bits per heavy atom. The molecule has 1 atom stereocenters. The Morgan fingerprint density at radius 1 is 1.04 bits per heavy atom. The molecule has 1 aliphatic rings. The molecule has 0 saturated heterocycles. The second-order valence-corrected chi connectivity index (χ2v) is 7.93. The summed E-state index contributed by atoms with van der Waals surface area (Å²) < 4.78 is 0. The van der Waals surface area contributed by atoms with Gasteiger partial charge in [0.1, 0.15) is 0 Å². The van der Waals surface area contributed by atoms with Crippen molar-refractivity contribution in [2.24, 2.45) is 10.8 Å². The fourth-order valence-corrected chi connectivity index (χ4v) is 3.22. The Kier molecular flexibility index (Phi) is 5.22. The molecule has 2 N–H and O–H groups in total. The van der Waals surface area contributed by atoms with Crippen molar-refractivity contribution in [1.29, 1.82) is 0 Å². The zero-order chi connectivity index (χ0) is 18.0. The van der Waals surface area contributed by atoms with Crippen LogP contribution in [0.3, 0.4) is 0 Å². The molecule has 0 radical (unpaired) electrons. The first-order valence-electron chi connectivity index (χ1n) is 8.73. The van der Waals surface area contributed by atoms with Crippen molar-refractivity contribution in [3.63, 3.8) is 0 Å². The smallest absolute Gasteiger partial charge is 0.195 e. The van der Waals surface area contributed by atoms with E-state index in [9.17, 15) is 10.2 Å². The van der Waals surface area contributed by atoms with E-state index in [2.05, 4.69) is 52.0 Å². The Balaban J connectivity index is 2.48. The lowest BCUT2D eigenvalue weighted by Crippen LogP contribution is -2.55. The molecule has 0 spiro atoms. The summed E-state index contributed by atoms with van der Waals surface area (Å²) in [6, 6.07) is 10.1. The molecule has 0 heterocycles. The summed E-state index contributed by atoms with van der Waals surface area (Å²) >= 11 is 0. The normalized spacial score (nSPS) is 24.0. The first-order valence-corrected chi connectivity index (χ1v) is 8.73. The molecule has 0 fully saturated rings. The maximum Gasteiger partial charge on any atom is 0.195 e. The van der Waals surface area contributed by atoms with Crippen LogP contribution >= 0.6 is 0 Å². The third kappa shape index (κ3) is 3.40. The van der Waals surface area contributed by atoms with Crippen LogP contribution in [0.2, 0.25) is 0 Å². The first kappa shape index (κ1) is 18.7. The summed E-state index contributed by atoms with van der Waals surface area (Å²) in [7, 11) is 0. The zero-order valence-electron chi connectivity index (χ0n) is 15.5. The van der Waals surface area contributed by atoms with Gasteiger partial charge in [-0.1, -0.05) is 95.7 Å². The number of rotatable bonds is 4. The number of benzene rings is 1. The number of allylic oxidation sites excluding steroid dienone is 3. The average molecular weight is 326 g/mol. The summed E-state index contributed by atoms with van der Waals surface area (Å²) in [5.41, 5.74) is 1.79. The molecule has 2 nitrogen and oxygen atoms in total. The monoisotopic (exact) mass is 326 g/mol. The van der Waals surface area contributed by atoms with Gasteiger partial charge in [0.15, 0.2) is 5.79 Å². The van der Waals surface area contributed by atoms with Gasteiger partial charge in [-0.05, 0) is 28.5 Å². The van der Waals surface area contributed by atoms with Crippen molar-refractivity contribution >= 4 is 6.08 Å². The van der Waals surface area contributed by atoms with E-state index < -0.39 is 11.2 Å². The molecule has 0 aliphatic heterocycles. The van der Waals surface area contributed by atoms with Crippen LogP contribution in [0.15, 0.2) is 59.7 Å². The van der Waals surface area contributed by atoms with Gasteiger partial charge in [-0.3, -0.25) is 0 Å². The Morgan fingerprint density at radius 2 is 1.67 bits per heavy atom. The van der Waals surface area contributed by atoms with Crippen LogP contribution < -0.4 is 0 Å². The van der Waals surface area contributed by atoms with Crippen LogP contribution in [-0.2, 0) is 0 Å². The van der Waals surface area contributed by atoms with Crippen molar-refractivity contribution in [3.8, 4) is 0 Å². The van der Waals surface area contributed by atoms with Crippen molar-refractivity contribution in [3.05, 3.63) is 65.3 Å². The summed E-state index contributed by atoms with van der Waals surface area (Å²) in [4.78, 5) is 0. The highest BCUT2D eigenvalue weighted by Gasteiger charge is 2.54. The van der Waals surface area contributed by atoms with Gasteiger partial charge in [0.05, 0.1) is 0 Å². The predicted molar refractivity (Wildman–Crippen MR) is 101 cm³/mol. The van der Waals surface area contributed by atoms with E-state index in [1.54, 1.807) is 0 Å². The maximum absolute atomic E-state index is 10.9. The molecule has 0 bridgehead atoms. The lowest BCUT2D eigenvalue weighted by Gasteiger charge is -2.51. The molecule has 0 amide bonds. The largest absolute Gasteiger partial charge is 0.361 e. The van der Waals surface area contributed by atoms with E-state index in [0.717, 1.165) is 17.6 Å².